The number of unbranched alkanes of at least 4 members (excludes halogenated alkanes) is 6. The highest BCUT2D eigenvalue weighted by Crippen LogP contribution is 2.24. The standard InChI is InChI=1S/C29H27NO3.C27H29NO4.C21H25NO4/c31-28(25-19-18-21-10-4-5-15-24(21)20-25)30-27-17-9-7-14-23(27)13-3-1-2-11-22-12-6-8-16-26(22)29(32)33;29-26(20-32-19-21-11-3-1-4-12-21)28-25-18-10-8-16-23(25)15-6-2-5-13-22-14-7-9-17-24(22)27(30)31;1-26-15-20(23)22-19-14-8-6-12-17(19)11-4-2-3-9-16-10-5-7-13-18(16)21(24)25/h4-10,12,14-20H,1-3,11,13H2,(H,30,31)(H,32,33);1,3-4,7-12,14,16-18H,2,5-6,13,15,19-20H2,(H,28,29)(H,30,31);5-8,10,12-14H,2-4,9,11,15H2,1H3,(H,22,23)(H,24,25). The molecule has 9 aromatic carbocycles. The Kier molecular flexibility index (Phi) is 28.4. The molecule has 0 atom stereocenters. The summed E-state index contributed by atoms with van der Waals surface area (Å²) in [5.41, 5.74) is 11.3. The minimum atomic E-state index is -0.877. The Morgan fingerprint density at radius 3 is 1.10 bits per heavy atom. The van der Waals surface area contributed by atoms with Gasteiger partial charge < -0.3 is 40.7 Å². The van der Waals surface area contributed by atoms with E-state index in [0.29, 0.717) is 28.9 Å². The summed E-state index contributed by atoms with van der Waals surface area (Å²) in [4.78, 5) is 70.8. The number of hydrogen-bond acceptors (Lipinski definition) is 8. The second kappa shape index (κ2) is 37.7. The van der Waals surface area contributed by atoms with Gasteiger partial charge in [-0.25, -0.2) is 14.4 Å². The van der Waals surface area contributed by atoms with Gasteiger partial charge in [-0.2, -0.15) is 0 Å². The van der Waals surface area contributed by atoms with Gasteiger partial charge in [-0.15, -0.1) is 0 Å². The second-order valence-electron chi connectivity index (χ2n) is 22.1. The van der Waals surface area contributed by atoms with Gasteiger partial charge in [0.05, 0.1) is 23.3 Å². The van der Waals surface area contributed by atoms with Crippen molar-refractivity contribution in [3.8, 4) is 0 Å². The maximum absolute atomic E-state index is 12.9. The number of hydrogen-bond donors (Lipinski definition) is 6. The van der Waals surface area contributed by atoms with Crippen molar-refractivity contribution in [2.24, 2.45) is 0 Å². The summed E-state index contributed by atoms with van der Waals surface area (Å²) in [6, 6.07) is 68.5. The average molecular weight is 1220 g/mol. The SMILES string of the molecule is COCC(=O)Nc1ccccc1CCCCCc1ccccc1C(=O)O.O=C(COCc1ccccc1)Nc1ccccc1CCCCCc1ccccc1C(=O)O.O=C(Nc1ccccc1CCCCCc1ccccc1C(=O)O)c1ccc2ccccc2c1. The van der Waals surface area contributed by atoms with Crippen LogP contribution in [0.1, 0.15) is 138 Å². The Morgan fingerprint density at radius 1 is 0.341 bits per heavy atom. The molecule has 0 aromatic heterocycles. The molecule has 0 fully saturated rings. The number of amides is 3. The van der Waals surface area contributed by atoms with Gasteiger partial charge in [-0.1, -0.05) is 189 Å². The lowest BCUT2D eigenvalue weighted by Gasteiger charge is -2.12. The summed E-state index contributed by atoms with van der Waals surface area (Å²) in [5.74, 6) is -3.07. The van der Waals surface area contributed by atoms with Crippen molar-refractivity contribution in [3.63, 3.8) is 0 Å². The molecule has 9 rings (SSSR count). The van der Waals surface area contributed by atoms with Crippen LogP contribution in [0.3, 0.4) is 0 Å². The van der Waals surface area contributed by atoms with E-state index in [9.17, 15) is 44.1 Å². The highest BCUT2D eigenvalue weighted by atomic mass is 16.5. The first-order valence-corrected chi connectivity index (χ1v) is 31.0. The van der Waals surface area contributed by atoms with Gasteiger partial charge in [0.1, 0.15) is 13.2 Å². The minimum Gasteiger partial charge on any atom is -0.478 e. The van der Waals surface area contributed by atoms with Crippen LogP contribution >= 0.6 is 0 Å². The Labute approximate surface area is 533 Å². The highest BCUT2D eigenvalue weighted by molar-refractivity contribution is 6.07. The minimum absolute atomic E-state index is 0.00617. The summed E-state index contributed by atoms with van der Waals surface area (Å²) in [5, 5.41) is 38.9. The topological polar surface area (TPSA) is 218 Å². The van der Waals surface area contributed by atoms with E-state index in [2.05, 4.69) is 22.0 Å². The molecule has 0 unspecified atom stereocenters. The van der Waals surface area contributed by atoms with Crippen LogP contribution in [0.5, 0.6) is 0 Å². The van der Waals surface area contributed by atoms with Crippen LogP contribution in [0.4, 0.5) is 17.1 Å². The van der Waals surface area contributed by atoms with Crippen LogP contribution in [0, 0.1) is 0 Å². The zero-order valence-electron chi connectivity index (χ0n) is 51.6. The Bertz CT molecular complexity index is 3810. The third-order valence-corrected chi connectivity index (χ3v) is 15.4. The van der Waals surface area contributed by atoms with Gasteiger partial charge in [-0.05, 0) is 175 Å². The van der Waals surface area contributed by atoms with Gasteiger partial charge in [0.2, 0.25) is 11.8 Å². The molecule has 0 aliphatic heterocycles. The van der Waals surface area contributed by atoms with E-state index in [1.54, 1.807) is 36.4 Å². The lowest BCUT2D eigenvalue weighted by Crippen LogP contribution is -2.19. The van der Waals surface area contributed by atoms with Crippen LogP contribution in [-0.4, -0.2) is 71.3 Å². The number of carbonyl (C=O) groups is 6. The Morgan fingerprint density at radius 2 is 0.681 bits per heavy atom. The number of aryl methyl sites for hydroxylation is 6. The van der Waals surface area contributed by atoms with Gasteiger partial charge >= 0.3 is 17.9 Å². The predicted octanol–water partition coefficient (Wildman–Crippen LogP) is 16.2. The van der Waals surface area contributed by atoms with Crippen molar-refractivity contribution >= 4 is 63.5 Å². The van der Waals surface area contributed by atoms with Crippen molar-refractivity contribution < 1.29 is 53.6 Å². The van der Waals surface area contributed by atoms with E-state index in [1.165, 1.54) is 7.11 Å². The van der Waals surface area contributed by atoms with Gasteiger partial charge in [0.25, 0.3) is 5.91 Å². The van der Waals surface area contributed by atoms with E-state index in [-0.39, 0.29) is 30.9 Å². The molecule has 0 radical (unpaired) electrons. The monoisotopic (exact) mass is 1220 g/mol. The number of methoxy groups -OCH3 is 1. The third-order valence-electron chi connectivity index (χ3n) is 15.4. The average Bonchev–Trinajstić information content (AvgIpc) is 1.86. The fourth-order valence-electron chi connectivity index (χ4n) is 10.7. The predicted molar refractivity (Wildman–Crippen MR) is 360 cm³/mol. The van der Waals surface area contributed by atoms with Gasteiger partial charge in [0.15, 0.2) is 0 Å². The molecule has 470 valence electrons. The van der Waals surface area contributed by atoms with Crippen LogP contribution in [0.25, 0.3) is 10.8 Å². The zero-order valence-corrected chi connectivity index (χ0v) is 51.6. The normalized spacial score (nSPS) is 10.6. The molecule has 91 heavy (non-hydrogen) atoms. The molecular weight excluding hydrogens is 1140 g/mol. The molecule has 0 spiro atoms. The first-order valence-electron chi connectivity index (χ1n) is 31.0. The van der Waals surface area contributed by atoms with E-state index in [4.69, 9.17) is 9.47 Å². The maximum Gasteiger partial charge on any atom is 0.335 e. The van der Waals surface area contributed by atoms with Crippen LogP contribution in [0.2, 0.25) is 0 Å². The fourth-order valence-corrected chi connectivity index (χ4v) is 10.7. The summed E-state index contributed by atoms with van der Waals surface area (Å²) in [6.45, 7) is 0.449. The Hall–Kier alpha value is -10.0. The number of para-hydroxylation sites is 3. The van der Waals surface area contributed by atoms with Crippen molar-refractivity contribution in [2.75, 3.05) is 36.3 Å². The molecule has 3 amide bonds. The van der Waals surface area contributed by atoms with Crippen LogP contribution < -0.4 is 16.0 Å². The number of aromatic carboxylic acids is 3. The van der Waals surface area contributed by atoms with Gasteiger partial charge in [0, 0.05) is 29.7 Å². The first-order chi connectivity index (χ1) is 44.4. The third kappa shape index (κ3) is 23.1. The highest BCUT2D eigenvalue weighted by Gasteiger charge is 2.15. The first kappa shape index (κ1) is 68.5. The molecule has 0 saturated carbocycles. The smallest absolute Gasteiger partial charge is 0.335 e. The van der Waals surface area contributed by atoms with Crippen LogP contribution in [0.15, 0.2) is 218 Å². The summed E-state index contributed by atoms with van der Waals surface area (Å²) < 4.78 is 10.4. The molecule has 14 heteroatoms. The quantitative estimate of drug-likeness (QED) is 0.0225. The zero-order chi connectivity index (χ0) is 64.4. The molecule has 0 heterocycles. The molecule has 9 aromatic rings. The van der Waals surface area contributed by atoms with E-state index in [1.807, 2.05) is 176 Å². The number of fused-ring (bicyclic) bond motifs is 1. The van der Waals surface area contributed by atoms with Crippen molar-refractivity contribution in [1.29, 1.82) is 0 Å². The summed E-state index contributed by atoms with van der Waals surface area (Å²) in [7, 11) is 1.49. The molecule has 6 N–H and O–H groups in total. The summed E-state index contributed by atoms with van der Waals surface area (Å²) in [6.07, 6.45) is 13.5. The lowest BCUT2D eigenvalue weighted by molar-refractivity contribution is -0.121. The van der Waals surface area contributed by atoms with E-state index < -0.39 is 17.9 Å². The van der Waals surface area contributed by atoms with Crippen molar-refractivity contribution in [3.05, 3.63) is 280 Å². The number of anilines is 3. The van der Waals surface area contributed by atoms with Crippen molar-refractivity contribution in [2.45, 2.75) is 103 Å². The second-order valence-corrected chi connectivity index (χ2v) is 22.1. The molecule has 0 bridgehead atoms. The lowest BCUT2D eigenvalue weighted by atomic mass is 9.99. The number of nitrogens with one attached hydrogen (secondary N) is 3. The van der Waals surface area contributed by atoms with E-state index >= 15 is 0 Å². The number of carboxylic acids is 3. The maximum atomic E-state index is 12.9. The number of carbonyl (C=O) groups excluding carboxylic acids is 3. The Balaban J connectivity index is 0.000000195. The summed E-state index contributed by atoms with van der Waals surface area (Å²) >= 11 is 0. The fraction of sp³-hybridized carbons (Fsp3) is 0.247. The molecular formula is C77H81N3O11. The number of benzene rings is 9. The van der Waals surface area contributed by atoms with Crippen LogP contribution in [-0.2, 0) is 64.2 Å². The number of ether oxygens (including phenoxy) is 2. The molecule has 0 aliphatic carbocycles. The molecule has 14 nitrogen and oxygen atoms in total. The number of carboxylic acid groups (broad SMARTS) is 3. The largest absolute Gasteiger partial charge is 0.478 e. The van der Waals surface area contributed by atoms with Gasteiger partial charge in [-0.3, -0.25) is 14.4 Å². The van der Waals surface area contributed by atoms with E-state index in [0.717, 1.165) is 163 Å². The van der Waals surface area contributed by atoms with Crippen molar-refractivity contribution in [1.82, 2.24) is 0 Å². The molecule has 0 aliphatic rings. The molecule has 0 saturated heterocycles. The number of rotatable bonds is 31.